The fourth-order valence-electron chi connectivity index (χ4n) is 4.35. The first kappa shape index (κ1) is 23.9. The van der Waals surface area contributed by atoms with Crippen LogP contribution in [0.1, 0.15) is 42.1 Å². The highest BCUT2D eigenvalue weighted by atomic mass is 16.2. The summed E-state index contributed by atoms with van der Waals surface area (Å²) in [6, 6.07) is 24.1. The van der Waals surface area contributed by atoms with E-state index in [1.807, 2.05) is 49.4 Å². The van der Waals surface area contributed by atoms with Crippen molar-refractivity contribution in [2.75, 3.05) is 11.9 Å². The Morgan fingerprint density at radius 3 is 2.17 bits per heavy atom. The average molecular weight is 470 g/mol. The molecule has 1 heterocycles. The molecular weight excluding hydrogens is 442 g/mol. The van der Waals surface area contributed by atoms with Gasteiger partial charge < -0.3 is 10.6 Å². The summed E-state index contributed by atoms with van der Waals surface area (Å²) < 4.78 is 0. The maximum atomic E-state index is 12.5. The predicted molar refractivity (Wildman–Crippen MR) is 134 cm³/mol. The van der Waals surface area contributed by atoms with Crippen molar-refractivity contribution in [1.29, 1.82) is 0 Å². The number of carbonyl (C=O) groups excluding carboxylic acids is 4. The molecule has 0 saturated carbocycles. The van der Waals surface area contributed by atoms with Crippen molar-refractivity contribution in [2.45, 2.75) is 31.6 Å². The Morgan fingerprint density at radius 2 is 1.54 bits per heavy atom. The van der Waals surface area contributed by atoms with Crippen molar-refractivity contribution in [1.82, 2.24) is 10.6 Å². The number of piperidine rings is 1. The lowest BCUT2D eigenvalue weighted by molar-refractivity contribution is -0.138. The van der Waals surface area contributed by atoms with Crippen LogP contribution in [-0.2, 0) is 19.8 Å². The van der Waals surface area contributed by atoms with Crippen molar-refractivity contribution < 1.29 is 19.2 Å². The van der Waals surface area contributed by atoms with Gasteiger partial charge in [0.1, 0.15) is 0 Å². The first-order valence-electron chi connectivity index (χ1n) is 11.6. The number of benzene rings is 3. The van der Waals surface area contributed by atoms with Gasteiger partial charge in [-0.2, -0.15) is 0 Å². The maximum absolute atomic E-state index is 12.5. The molecule has 178 valence electrons. The van der Waals surface area contributed by atoms with Gasteiger partial charge in [-0.25, -0.2) is 0 Å². The van der Waals surface area contributed by atoms with Gasteiger partial charge in [-0.3, -0.25) is 24.5 Å². The molecule has 4 amide bonds. The zero-order valence-corrected chi connectivity index (χ0v) is 19.5. The quantitative estimate of drug-likeness (QED) is 0.458. The molecule has 0 bridgehead atoms. The van der Waals surface area contributed by atoms with Gasteiger partial charge in [0.15, 0.2) is 0 Å². The fourth-order valence-corrected chi connectivity index (χ4v) is 4.35. The minimum atomic E-state index is -0.750. The predicted octanol–water partition coefficient (Wildman–Crippen LogP) is 3.81. The SMILES string of the molecule is CCC1(c2ccc(NC(=O)CNC(=O)c3ccc(-c4ccccc4)cc3)cc2)CCC(=O)NC1=O. The van der Waals surface area contributed by atoms with Crippen LogP contribution in [0.2, 0.25) is 0 Å². The van der Waals surface area contributed by atoms with Crippen molar-refractivity contribution >= 4 is 29.3 Å². The van der Waals surface area contributed by atoms with Crippen LogP contribution in [0.3, 0.4) is 0 Å². The van der Waals surface area contributed by atoms with Gasteiger partial charge in [-0.15, -0.1) is 0 Å². The summed E-state index contributed by atoms with van der Waals surface area (Å²) in [5.74, 6) is -1.24. The highest BCUT2D eigenvalue weighted by molar-refractivity contribution is 6.03. The summed E-state index contributed by atoms with van der Waals surface area (Å²) >= 11 is 0. The zero-order chi connectivity index (χ0) is 24.8. The molecule has 1 aliphatic heterocycles. The molecule has 1 saturated heterocycles. The number of hydrogen-bond donors (Lipinski definition) is 3. The van der Waals surface area contributed by atoms with Gasteiger partial charge in [0.05, 0.1) is 12.0 Å². The molecule has 1 fully saturated rings. The first-order chi connectivity index (χ1) is 16.9. The zero-order valence-electron chi connectivity index (χ0n) is 19.5. The molecule has 1 aliphatic rings. The molecule has 1 unspecified atom stereocenters. The fraction of sp³-hybridized carbons (Fsp3) is 0.214. The third-order valence-electron chi connectivity index (χ3n) is 6.45. The van der Waals surface area contributed by atoms with E-state index >= 15 is 0 Å². The Labute approximate surface area is 203 Å². The second-order valence-corrected chi connectivity index (χ2v) is 8.56. The van der Waals surface area contributed by atoms with Crippen molar-refractivity contribution in [3.8, 4) is 11.1 Å². The van der Waals surface area contributed by atoms with Gasteiger partial charge in [0.2, 0.25) is 17.7 Å². The number of amides is 4. The highest BCUT2D eigenvalue weighted by Gasteiger charge is 2.42. The van der Waals surface area contributed by atoms with E-state index in [0.29, 0.717) is 30.5 Å². The maximum Gasteiger partial charge on any atom is 0.251 e. The van der Waals surface area contributed by atoms with E-state index in [4.69, 9.17) is 0 Å². The van der Waals surface area contributed by atoms with Crippen LogP contribution in [0.25, 0.3) is 11.1 Å². The summed E-state index contributed by atoms with van der Waals surface area (Å²) in [6.07, 6.45) is 1.32. The third kappa shape index (κ3) is 5.30. The van der Waals surface area contributed by atoms with Crippen molar-refractivity contribution in [3.05, 3.63) is 90.0 Å². The number of hydrogen-bond acceptors (Lipinski definition) is 4. The minimum Gasteiger partial charge on any atom is -0.343 e. The molecule has 1 atom stereocenters. The largest absolute Gasteiger partial charge is 0.343 e. The molecule has 0 radical (unpaired) electrons. The van der Waals surface area contributed by atoms with E-state index in [2.05, 4.69) is 16.0 Å². The van der Waals surface area contributed by atoms with E-state index in [9.17, 15) is 19.2 Å². The Hall–Kier alpha value is -4.26. The first-order valence-corrected chi connectivity index (χ1v) is 11.6. The Morgan fingerprint density at radius 1 is 0.886 bits per heavy atom. The molecule has 0 aliphatic carbocycles. The lowest BCUT2D eigenvalue weighted by atomic mass is 9.72. The molecule has 0 spiro atoms. The summed E-state index contributed by atoms with van der Waals surface area (Å²) in [7, 11) is 0. The number of imide groups is 1. The molecule has 35 heavy (non-hydrogen) atoms. The number of rotatable bonds is 7. The van der Waals surface area contributed by atoms with Gasteiger partial charge in [-0.1, -0.05) is 61.5 Å². The molecule has 3 aromatic rings. The van der Waals surface area contributed by atoms with Crippen molar-refractivity contribution in [3.63, 3.8) is 0 Å². The molecule has 3 N–H and O–H groups in total. The van der Waals surface area contributed by atoms with Gasteiger partial charge >= 0.3 is 0 Å². The van der Waals surface area contributed by atoms with Crippen LogP contribution < -0.4 is 16.0 Å². The van der Waals surface area contributed by atoms with E-state index in [1.165, 1.54) is 0 Å². The summed E-state index contributed by atoms with van der Waals surface area (Å²) in [6.45, 7) is 1.74. The normalized spacial score (nSPS) is 17.4. The number of anilines is 1. The molecular formula is C28H27N3O4. The average Bonchev–Trinajstić information content (AvgIpc) is 2.89. The van der Waals surface area contributed by atoms with Crippen LogP contribution in [-0.4, -0.2) is 30.2 Å². The lowest BCUT2D eigenvalue weighted by Gasteiger charge is -2.35. The molecule has 0 aromatic heterocycles. The summed E-state index contributed by atoms with van der Waals surface area (Å²) in [4.78, 5) is 48.9. The number of carbonyl (C=O) groups is 4. The van der Waals surface area contributed by atoms with Crippen molar-refractivity contribution in [2.24, 2.45) is 0 Å². The molecule has 4 rings (SSSR count). The van der Waals surface area contributed by atoms with Crippen LogP contribution in [0.15, 0.2) is 78.9 Å². The Kier molecular flexibility index (Phi) is 7.06. The monoisotopic (exact) mass is 469 g/mol. The summed E-state index contributed by atoms with van der Waals surface area (Å²) in [5, 5.41) is 7.81. The second kappa shape index (κ2) is 10.3. The highest BCUT2D eigenvalue weighted by Crippen LogP contribution is 2.36. The van der Waals surface area contributed by atoms with Crippen LogP contribution >= 0.6 is 0 Å². The Balaban J connectivity index is 1.32. The van der Waals surface area contributed by atoms with Crippen LogP contribution in [0.4, 0.5) is 5.69 Å². The smallest absolute Gasteiger partial charge is 0.251 e. The van der Waals surface area contributed by atoms with Gasteiger partial charge in [0.25, 0.3) is 5.91 Å². The Bertz CT molecular complexity index is 1240. The summed E-state index contributed by atoms with van der Waals surface area (Å²) in [5.41, 5.74) is 3.14. The van der Waals surface area contributed by atoms with E-state index in [0.717, 1.165) is 16.7 Å². The minimum absolute atomic E-state index is 0.176. The lowest BCUT2D eigenvalue weighted by Crippen LogP contribution is -2.51. The van der Waals surface area contributed by atoms with Crippen LogP contribution in [0.5, 0.6) is 0 Å². The third-order valence-corrected chi connectivity index (χ3v) is 6.45. The molecule has 7 heteroatoms. The van der Waals surface area contributed by atoms with E-state index in [1.54, 1.807) is 36.4 Å². The topological polar surface area (TPSA) is 104 Å². The molecule has 7 nitrogen and oxygen atoms in total. The van der Waals surface area contributed by atoms with Gasteiger partial charge in [-0.05, 0) is 53.8 Å². The standard InChI is InChI=1S/C28H27N3O4/c1-2-28(17-16-24(32)31-27(28)35)22-12-14-23(15-13-22)30-25(33)18-29-26(34)21-10-8-20(9-11-21)19-6-4-3-5-7-19/h3-15H,2,16-18H2,1H3,(H,29,34)(H,30,33)(H,31,32,35). The van der Waals surface area contributed by atoms with Gasteiger partial charge in [0, 0.05) is 17.7 Å². The molecule has 3 aromatic carbocycles. The van der Waals surface area contributed by atoms with Crippen LogP contribution in [0, 0.1) is 0 Å². The second-order valence-electron chi connectivity index (χ2n) is 8.56. The van der Waals surface area contributed by atoms with E-state index in [-0.39, 0.29) is 30.2 Å². The number of nitrogens with one attached hydrogen (secondary N) is 3. The van der Waals surface area contributed by atoms with E-state index < -0.39 is 5.41 Å².